The fraction of sp³-hybridized carbons (Fsp3) is 0.250. The Morgan fingerprint density at radius 2 is 1.62 bits per heavy atom. The number of aromatic nitrogens is 1. The van der Waals surface area contributed by atoms with E-state index in [4.69, 9.17) is 0 Å². The van der Waals surface area contributed by atoms with Crippen molar-refractivity contribution in [2.75, 3.05) is 31.1 Å². The van der Waals surface area contributed by atoms with Gasteiger partial charge in [-0.05, 0) is 42.7 Å². The van der Waals surface area contributed by atoms with Crippen LogP contribution in [0.4, 0.5) is 5.69 Å². The Labute approximate surface area is 170 Å². The lowest BCUT2D eigenvalue weighted by molar-refractivity contribution is 0.0745. The number of carbonyl (C=O) groups is 1. The van der Waals surface area contributed by atoms with Gasteiger partial charge in [-0.15, -0.1) is 0 Å². The van der Waals surface area contributed by atoms with Crippen LogP contribution in [0.2, 0.25) is 0 Å². The summed E-state index contributed by atoms with van der Waals surface area (Å²) in [5.41, 5.74) is 5.20. The van der Waals surface area contributed by atoms with Crippen LogP contribution in [0.3, 0.4) is 0 Å². The number of piperazine rings is 1. The van der Waals surface area contributed by atoms with Crippen molar-refractivity contribution in [3.05, 3.63) is 87.8 Å². The average molecular weight is 387 g/mol. The van der Waals surface area contributed by atoms with Gasteiger partial charge in [-0.1, -0.05) is 42.5 Å². The van der Waals surface area contributed by atoms with Gasteiger partial charge in [0, 0.05) is 43.6 Å². The second kappa shape index (κ2) is 7.95. The number of benzene rings is 2. The normalized spacial score (nSPS) is 14.1. The summed E-state index contributed by atoms with van der Waals surface area (Å²) >= 11 is 0. The van der Waals surface area contributed by atoms with Crippen molar-refractivity contribution in [1.29, 1.82) is 0 Å². The monoisotopic (exact) mass is 387 g/mol. The number of amides is 1. The third-order valence-corrected chi connectivity index (χ3v) is 5.74. The van der Waals surface area contributed by atoms with Crippen molar-refractivity contribution in [1.82, 2.24) is 9.88 Å². The molecule has 1 N–H and O–H groups in total. The molecule has 0 radical (unpaired) electrons. The quantitative estimate of drug-likeness (QED) is 0.747. The molecule has 0 atom stereocenters. The van der Waals surface area contributed by atoms with Crippen LogP contribution in [0.25, 0.3) is 11.1 Å². The third kappa shape index (κ3) is 3.68. The van der Waals surface area contributed by atoms with Gasteiger partial charge in [0.1, 0.15) is 5.56 Å². The van der Waals surface area contributed by atoms with E-state index in [0.717, 1.165) is 18.7 Å². The molecule has 4 rings (SSSR count). The minimum atomic E-state index is -0.340. The Hall–Kier alpha value is -3.34. The van der Waals surface area contributed by atoms with Gasteiger partial charge in [-0.25, -0.2) is 0 Å². The van der Waals surface area contributed by atoms with Crippen molar-refractivity contribution in [3.63, 3.8) is 0 Å². The van der Waals surface area contributed by atoms with Gasteiger partial charge in [0.25, 0.3) is 11.5 Å². The fourth-order valence-corrected chi connectivity index (χ4v) is 3.94. The molecule has 2 heterocycles. The van der Waals surface area contributed by atoms with Gasteiger partial charge >= 0.3 is 0 Å². The number of hydrogen-bond donors (Lipinski definition) is 1. The summed E-state index contributed by atoms with van der Waals surface area (Å²) in [7, 11) is 0. The number of rotatable bonds is 3. The maximum atomic E-state index is 13.3. The highest BCUT2D eigenvalue weighted by molar-refractivity contribution is 6.00. The molecule has 29 heavy (non-hydrogen) atoms. The summed E-state index contributed by atoms with van der Waals surface area (Å²) in [5.74, 6) is -0.202. The summed E-state index contributed by atoms with van der Waals surface area (Å²) in [6.07, 6.45) is 1.60. The Bertz CT molecular complexity index is 1080. The molecule has 1 aliphatic heterocycles. The topological polar surface area (TPSA) is 56.4 Å². The molecule has 148 valence electrons. The lowest BCUT2D eigenvalue weighted by Crippen LogP contribution is -2.50. The first-order valence-corrected chi connectivity index (χ1v) is 9.94. The molecule has 1 aliphatic rings. The highest BCUT2D eigenvalue weighted by Gasteiger charge is 2.27. The second-order valence-corrected chi connectivity index (χ2v) is 7.46. The van der Waals surface area contributed by atoms with Crippen LogP contribution in [0.15, 0.2) is 65.6 Å². The molecule has 1 amide bonds. The number of carbonyl (C=O) groups excluding carboxylic acids is 1. The van der Waals surface area contributed by atoms with E-state index < -0.39 is 0 Å². The summed E-state index contributed by atoms with van der Waals surface area (Å²) in [6, 6.07) is 17.7. The van der Waals surface area contributed by atoms with Gasteiger partial charge in [0.05, 0.1) is 0 Å². The van der Waals surface area contributed by atoms with Crippen LogP contribution in [0.5, 0.6) is 0 Å². The minimum Gasteiger partial charge on any atom is -0.368 e. The summed E-state index contributed by atoms with van der Waals surface area (Å²) in [4.78, 5) is 32.6. The number of pyridine rings is 1. The molecule has 1 fully saturated rings. The lowest BCUT2D eigenvalue weighted by Gasteiger charge is -2.37. The first-order chi connectivity index (χ1) is 14.1. The highest BCUT2D eigenvalue weighted by Crippen LogP contribution is 2.25. The van der Waals surface area contributed by atoms with Crippen LogP contribution in [-0.2, 0) is 0 Å². The van der Waals surface area contributed by atoms with E-state index in [9.17, 15) is 9.59 Å². The molecule has 5 heteroatoms. The van der Waals surface area contributed by atoms with Crippen molar-refractivity contribution in [2.45, 2.75) is 13.8 Å². The van der Waals surface area contributed by atoms with Crippen molar-refractivity contribution >= 4 is 11.6 Å². The second-order valence-electron chi connectivity index (χ2n) is 7.46. The van der Waals surface area contributed by atoms with Crippen LogP contribution in [0.1, 0.15) is 21.5 Å². The first kappa shape index (κ1) is 19.0. The Balaban J connectivity index is 1.57. The van der Waals surface area contributed by atoms with Gasteiger partial charge in [0.2, 0.25) is 0 Å². The van der Waals surface area contributed by atoms with E-state index in [1.165, 1.54) is 16.8 Å². The highest BCUT2D eigenvalue weighted by atomic mass is 16.2. The SMILES string of the molecule is Cc1cccc(N2CCN(C(=O)c3c(-c4ccccc4)cc[nH]c3=O)CC2)c1C. The number of anilines is 1. The van der Waals surface area contributed by atoms with Crippen LogP contribution < -0.4 is 10.5 Å². The number of aryl methyl sites for hydroxylation is 1. The zero-order valence-corrected chi connectivity index (χ0v) is 16.8. The number of H-pyrrole nitrogens is 1. The predicted octanol–water partition coefficient (Wildman–Crippen LogP) is 3.62. The molecule has 0 unspecified atom stereocenters. The number of nitrogens with zero attached hydrogens (tertiary/aromatic N) is 2. The maximum Gasteiger partial charge on any atom is 0.261 e. The Kier molecular flexibility index (Phi) is 5.21. The van der Waals surface area contributed by atoms with Gasteiger partial charge in [-0.3, -0.25) is 9.59 Å². The maximum absolute atomic E-state index is 13.3. The van der Waals surface area contributed by atoms with Gasteiger partial charge < -0.3 is 14.8 Å². The molecule has 0 aliphatic carbocycles. The molecule has 0 saturated carbocycles. The van der Waals surface area contributed by atoms with E-state index in [1.807, 2.05) is 30.3 Å². The first-order valence-electron chi connectivity index (χ1n) is 9.94. The molecule has 0 bridgehead atoms. The summed E-state index contributed by atoms with van der Waals surface area (Å²) < 4.78 is 0. The Morgan fingerprint density at radius 1 is 0.897 bits per heavy atom. The van der Waals surface area contributed by atoms with Gasteiger partial charge in [0.15, 0.2) is 0 Å². The fourth-order valence-electron chi connectivity index (χ4n) is 3.94. The molecular weight excluding hydrogens is 362 g/mol. The van der Waals surface area contributed by atoms with E-state index in [-0.39, 0.29) is 17.0 Å². The van der Waals surface area contributed by atoms with E-state index >= 15 is 0 Å². The smallest absolute Gasteiger partial charge is 0.261 e. The van der Waals surface area contributed by atoms with E-state index in [0.29, 0.717) is 18.7 Å². The average Bonchev–Trinajstić information content (AvgIpc) is 2.76. The lowest BCUT2D eigenvalue weighted by atomic mass is 10.0. The van der Waals surface area contributed by atoms with E-state index in [1.54, 1.807) is 17.2 Å². The van der Waals surface area contributed by atoms with Crippen LogP contribution in [0, 0.1) is 13.8 Å². The number of nitrogens with one attached hydrogen (secondary N) is 1. The summed E-state index contributed by atoms with van der Waals surface area (Å²) in [6.45, 7) is 6.94. The number of aromatic amines is 1. The third-order valence-electron chi connectivity index (χ3n) is 5.74. The molecule has 0 spiro atoms. The van der Waals surface area contributed by atoms with Gasteiger partial charge in [-0.2, -0.15) is 0 Å². The van der Waals surface area contributed by atoms with Crippen molar-refractivity contribution < 1.29 is 4.79 Å². The standard InChI is InChI=1S/C24H25N3O2/c1-17-7-6-10-21(18(17)2)26-13-15-27(16-14-26)24(29)22-20(11-12-25-23(22)28)19-8-4-3-5-9-19/h3-12H,13-16H2,1-2H3,(H,25,28). The molecule has 1 saturated heterocycles. The minimum absolute atomic E-state index is 0.202. The predicted molar refractivity (Wildman–Crippen MR) is 117 cm³/mol. The number of hydrogen-bond acceptors (Lipinski definition) is 3. The van der Waals surface area contributed by atoms with Crippen LogP contribution >= 0.6 is 0 Å². The molecule has 1 aromatic heterocycles. The summed E-state index contributed by atoms with van der Waals surface area (Å²) in [5, 5.41) is 0. The van der Waals surface area contributed by atoms with E-state index in [2.05, 4.69) is 41.9 Å². The zero-order valence-electron chi connectivity index (χ0n) is 16.8. The van der Waals surface area contributed by atoms with Crippen molar-refractivity contribution in [3.8, 4) is 11.1 Å². The molecule has 2 aromatic carbocycles. The van der Waals surface area contributed by atoms with Crippen molar-refractivity contribution in [2.24, 2.45) is 0 Å². The zero-order chi connectivity index (χ0) is 20.4. The molecule has 5 nitrogen and oxygen atoms in total. The van der Waals surface area contributed by atoms with Crippen LogP contribution in [-0.4, -0.2) is 42.0 Å². The molecule has 3 aromatic rings. The molecular formula is C24H25N3O2. The Morgan fingerprint density at radius 3 is 2.34 bits per heavy atom. The largest absolute Gasteiger partial charge is 0.368 e.